The van der Waals surface area contributed by atoms with Gasteiger partial charge in [0.2, 0.25) is 0 Å². The van der Waals surface area contributed by atoms with E-state index in [-0.39, 0.29) is 11.4 Å². The van der Waals surface area contributed by atoms with E-state index < -0.39 is 5.41 Å². The van der Waals surface area contributed by atoms with E-state index in [4.69, 9.17) is 0 Å². The highest BCUT2D eigenvalue weighted by Crippen LogP contribution is 2.22. The fourth-order valence-corrected chi connectivity index (χ4v) is 1.63. The first-order valence-corrected chi connectivity index (χ1v) is 5.83. The Kier molecular flexibility index (Phi) is 4.43. The molecule has 3 nitrogen and oxygen atoms in total. The second kappa shape index (κ2) is 5.63. The molecule has 1 aromatic rings. The molecule has 1 aromatic carbocycles. The summed E-state index contributed by atoms with van der Waals surface area (Å²) < 4.78 is 0. The van der Waals surface area contributed by atoms with Crippen LogP contribution in [0.5, 0.6) is 0 Å². The van der Waals surface area contributed by atoms with Crippen LogP contribution in [-0.4, -0.2) is 23.6 Å². The summed E-state index contributed by atoms with van der Waals surface area (Å²) in [7, 11) is 1.61. The number of benzene rings is 1. The van der Waals surface area contributed by atoms with Gasteiger partial charge in [-0.3, -0.25) is 9.79 Å². The number of aliphatic imine (C=N–C) groups is 1. The fraction of sp³-hybridized carbons (Fsp3) is 0.333. The summed E-state index contributed by atoms with van der Waals surface area (Å²) in [5.41, 5.74) is 1.02. The molecule has 1 N–H and O–H groups in total. The second-order valence-corrected chi connectivity index (χ2v) is 5.06. The van der Waals surface area contributed by atoms with Crippen LogP contribution in [0.3, 0.4) is 0 Å². The standard InChI is InChI=1S/C15H19NO2/c1-15(2,3)14(18)12(10-17)13(16-4)11-8-6-5-7-9-11/h5-10,17H,1-4H3/b12-10-,16-13?. The zero-order chi connectivity index (χ0) is 13.8. The SMILES string of the molecule is CN=C(/C(=C/O)C(=O)C(C)(C)C)c1ccccc1. The molecule has 18 heavy (non-hydrogen) atoms. The first-order chi connectivity index (χ1) is 8.41. The van der Waals surface area contributed by atoms with Gasteiger partial charge < -0.3 is 5.11 Å². The number of Topliss-reactive ketones (excluding diaryl/α,β-unsaturated/α-hetero) is 1. The van der Waals surface area contributed by atoms with E-state index in [1.54, 1.807) is 7.05 Å². The van der Waals surface area contributed by atoms with E-state index in [0.29, 0.717) is 5.71 Å². The Labute approximate surface area is 108 Å². The Hall–Kier alpha value is -1.90. The molecule has 0 radical (unpaired) electrons. The van der Waals surface area contributed by atoms with Crippen molar-refractivity contribution < 1.29 is 9.90 Å². The molecule has 0 amide bonds. The van der Waals surface area contributed by atoms with Crippen molar-refractivity contribution in [3.63, 3.8) is 0 Å². The van der Waals surface area contributed by atoms with Crippen molar-refractivity contribution >= 4 is 11.5 Å². The molecular formula is C15H19NO2. The summed E-state index contributed by atoms with van der Waals surface area (Å²) in [5.74, 6) is -0.130. The summed E-state index contributed by atoms with van der Waals surface area (Å²) in [6.45, 7) is 5.45. The normalized spacial score (nSPS) is 13.6. The Morgan fingerprint density at radius 3 is 2.17 bits per heavy atom. The van der Waals surface area contributed by atoms with Crippen LogP contribution >= 0.6 is 0 Å². The van der Waals surface area contributed by atoms with Gasteiger partial charge in [0.15, 0.2) is 5.78 Å². The van der Waals surface area contributed by atoms with Crippen LogP contribution in [-0.2, 0) is 4.79 Å². The Bertz CT molecular complexity index is 479. The third kappa shape index (κ3) is 3.06. The van der Waals surface area contributed by atoms with E-state index in [1.807, 2.05) is 51.1 Å². The van der Waals surface area contributed by atoms with Crippen molar-refractivity contribution in [3.05, 3.63) is 47.7 Å². The molecule has 0 aromatic heterocycles. The van der Waals surface area contributed by atoms with E-state index in [0.717, 1.165) is 11.8 Å². The molecule has 0 aliphatic rings. The summed E-state index contributed by atoms with van der Waals surface area (Å²) >= 11 is 0. The predicted octanol–water partition coefficient (Wildman–Crippen LogP) is 3.16. The number of allylic oxidation sites excluding steroid dienone is 1. The average Bonchev–Trinajstić information content (AvgIpc) is 2.35. The molecule has 0 heterocycles. The molecule has 0 atom stereocenters. The van der Waals surface area contributed by atoms with Gasteiger partial charge in [0.25, 0.3) is 0 Å². The van der Waals surface area contributed by atoms with Gasteiger partial charge in [-0.1, -0.05) is 51.1 Å². The van der Waals surface area contributed by atoms with Crippen molar-refractivity contribution in [2.45, 2.75) is 20.8 Å². The monoisotopic (exact) mass is 245 g/mol. The number of carbonyl (C=O) groups excluding carboxylic acids is 1. The number of aliphatic hydroxyl groups is 1. The largest absolute Gasteiger partial charge is 0.515 e. The minimum absolute atomic E-state index is 0.130. The number of aliphatic hydroxyl groups excluding tert-OH is 1. The number of nitrogens with zero attached hydrogens (tertiary/aromatic N) is 1. The smallest absolute Gasteiger partial charge is 0.173 e. The lowest BCUT2D eigenvalue weighted by molar-refractivity contribution is -0.122. The van der Waals surface area contributed by atoms with Crippen LogP contribution in [0.4, 0.5) is 0 Å². The van der Waals surface area contributed by atoms with Gasteiger partial charge in [0, 0.05) is 18.0 Å². The minimum atomic E-state index is -0.556. The molecule has 0 aliphatic carbocycles. The second-order valence-electron chi connectivity index (χ2n) is 5.06. The highest BCUT2D eigenvalue weighted by molar-refractivity contribution is 6.29. The lowest BCUT2D eigenvalue weighted by atomic mass is 9.83. The molecule has 96 valence electrons. The molecule has 0 bridgehead atoms. The number of ketones is 1. The van der Waals surface area contributed by atoms with Gasteiger partial charge in [-0.2, -0.15) is 0 Å². The van der Waals surface area contributed by atoms with Gasteiger partial charge in [-0.05, 0) is 0 Å². The third-order valence-electron chi connectivity index (χ3n) is 2.58. The van der Waals surface area contributed by atoms with Crippen LogP contribution in [0.15, 0.2) is 47.2 Å². The molecule has 0 unspecified atom stereocenters. The van der Waals surface area contributed by atoms with Crippen molar-refractivity contribution in [2.24, 2.45) is 10.4 Å². The molecule has 0 saturated carbocycles. The Morgan fingerprint density at radius 1 is 1.22 bits per heavy atom. The number of hydrogen-bond donors (Lipinski definition) is 1. The molecule has 1 rings (SSSR count). The summed E-state index contributed by atoms with van der Waals surface area (Å²) in [6, 6.07) is 9.36. The maximum Gasteiger partial charge on any atom is 0.173 e. The van der Waals surface area contributed by atoms with Gasteiger partial charge >= 0.3 is 0 Å². The van der Waals surface area contributed by atoms with E-state index in [2.05, 4.69) is 4.99 Å². The fourth-order valence-electron chi connectivity index (χ4n) is 1.63. The highest BCUT2D eigenvalue weighted by Gasteiger charge is 2.28. The van der Waals surface area contributed by atoms with Crippen LogP contribution in [0.1, 0.15) is 26.3 Å². The van der Waals surface area contributed by atoms with Gasteiger partial charge in [-0.25, -0.2) is 0 Å². The first-order valence-electron chi connectivity index (χ1n) is 5.83. The van der Waals surface area contributed by atoms with E-state index >= 15 is 0 Å². The quantitative estimate of drug-likeness (QED) is 0.505. The van der Waals surface area contributed by atoms with Crippen molar-refractivity contribution in [1.82, 2.24) is 0 Å². The number of rotatable bonds is 3. The van der Waals surface area contributed by atoms with Gasteiger partial charge in [0.1, 0.15) is 0 Å². The highest BCUT2D eigenvalue weighted by atomic mass is 16.2. The predicted molar refractivity (Wildman–Crippen MR) is 74.1 cm³/mol. The first kappa shape index (κ1) is 14.2. The Balaban J connectivity index is 3.21. The minimum Gasteiger partial charge on any atom is -0.515 e. The van der Waals surface area contributed by atoms with E-state index in [1.165, 1.54) is 0 Å². The maximum atomic E-state index is 12.3. The number of hydrogen-bond acceptors (Lipinski definition) is 3. The van der Waals surface area contributed by atoms with Crippen LogP contribution in [0, 0.1) is 5.41 Å². The van der Waals surface area contributed by atoms with E-state index in [9.17, 15) is 9.90 Å². The molecule has 0 spiro atoms. The third-order valence-corrected chi connectivity index (χ3v) is 2.58. The molecule has 0 saturated heterocycles. The number of carbonyl (C=O) groups is 1. The lowest BCUT2D eigenvalue weighted by Gasteiger charge is -2.19. The summed E-state index contributed by atoms with van der Waals surface area (Å²) in [6.07, 6.45) is 0.850. The van der Waals surface area contributed by atoms with Crippen LogP contribution in [0.25, 0.3) is 0 Å². The van der Waals surface area contributed by atoms with Gasteiger partial charge in [-0.15, -0.1) is 0 Å². The summed E-state index contributed by atoms with van der Waals surface area (Å²) in [4.78, 5) is 16.4. The maximum absolute atomic E-state index is 12.3. The van der Waals surface area contributed by atoms with Crippen LogP contribution in [0.2, 0.25) is 0 Å². The van der Waals surface area contributed by atoms with Crippen molar-refractivity contribution in [1.29, 1.82) is 0 Å². The lowest BCUT2D eigenvalue weighted by Crippen LogP contribution is -2.26. The zero-order valence-corrected chi connectivity index (χ0v) is 11.3. The van der Waals surface area contributed by atoms with Crippen molar-refractivity contribution in [3.8, 4) is 0 Å². The van der Waals surface area contributed by atoms with Crippen LogP contribution < -0.4 is 0 Å². The Morgan fingerprint density at radius 2 is 1.78 bits per heavy atom. The molecular weight excluding hydrogens is 226 g/mol. The van der Waals surface area contributed by atoms with Crippen molar-refractivity contribution in [2.75, 3.05) is 7.05 Å². The topological polar surface area (TPSA) is 49.7 Å². The van der Waals surface area contributed by atoms with Gasteiger partial charge in [0.05, 0.1) is 17.5 Å². The zero-order valence-electron chi connectivity index (χ0n) is 11.3. The molecule has 0 fully saturated rings. The average molecular weight is 245 g/mol. The molecule has 0 aliphatic heterocycles. The summed E-state index contributed by atoms with van der Waals surface area (Å²) in [5, 5.41) is 9.36. The molecule has 3 heteroatoms.